The van der Waals surface area contributed by atoms with Crippen molar-refractivity contribution < 1.29 is 18.3 Å². The van der Waals surface area contributed by atoms with E-state index in [1.165, 1.54) is 8.61 Å². The van der Waals surface area contributed by atoms with E-state index in [1.807, 2.05) is 0 Å². The van der Waals surface area contributed by atoms with Gasteiger partial charge in [-0.25, -0.2) is 0 Å². The number of hydrogen-bond acceptors (Lipinski definition) is 3. The Bertz CT molecular complexity index is 378. The highest BCUT2D eigenvalue weighted by Crippen LogP contribution is 2.26. The molecular formula is C10H20N2O4S. The molecule has 100 valence electrons. The summed E-state index contributed by atoms with van der Waals surface area (Å²) in [4.78, 5) is 11.0. The molecule has 6 nitrogen and oxygen atoms in total. The second-order valence-electron chi connectivity index (χ2n) is 4.33. The highest BCUT2D eigenvalue weighted by molar-refractivity contribution is 7.86. The summed E-state index contributed by atoms with van der Waals surface area (Å²) in [6.07, 6.45) is 0. The SMILES string of the molecule is CCN(CC)S(=O)(=O)N1C[C@@H](C)[C@H](C(=O)O)C1. The minimum atomic E-state index is -3.50. The fourth-order valence-electron chi connectivity index (χ4n) is 2.15. The van der Waals surface area contributed by atoms with E-state index >= 15 is 0 Å². The molecule has 17 heavy (non-hydrogen) atoms. The fraction of sp³-hybridized carbons (Fsp3) is 0.900. The molecule has 0 radical (unpaired) electrons. The van der Waals surface area contributed by atoms with E-state index in [1.54, 1.807) is 20.8 Å². The van der Waals surface area contributed by atoms with Gasteiger partial charge in [0.25, 0.3) is 10.2 Å². The molecule has 2 atom stereocenters. The smallest absolute Gasteiger partial charge is 0.308 e. The van der Waals surface area contributed by atoms with Crippen LogP contribution in [0.3, 0.4) is 0 Å². The average molecular weight is 264 g/mol. The van der Waals surface area contributed by atoms with Crippen molar-refractivity contribution in [1.29, 1.82) is 0 Å². The molecule has 1 fully saturated rings. The predicted octanol–water partition coefficient (Wildman–Crippen LogP) is 0.226. The first-order valence-electron chi connectivity index (χ1n) is 5.82. The van der Waals surface area contributed by atoms with Crippen LogP contribution >= 0.6 is 0 Å². The van der Waals surface area contributed by atoms with Crippen LogP contribution in [0.25, 0.3) is 0 Å². The maximum atomic E-state index is 12.2. The number of aliphatic carboxylic acids is 1. The van der Waals surface area contributed by atoms with Crippen LogP contribution in [0.4, 0.5) is 0 Å². The molecular weight excluding hydrogens is 244 g/mol. The van der Waals surface area contributed by atoms with E-state index in [4.69, 9.17) is 5.11 Å². The van der Waals surface area contributed by atoms with Gasteiger partial charge in [-0.1, -0.05) is 20.8 Å². The van der Waals surface area contributed by atoms with Crippen molar-refractivity contribution in [3.8, 4) is 0 Å². The van der Waals surface area contributed by atoms with Gasteiger partial charge in [0.1, 0.15) is 0 Å². The van der Waals surface area contributed by atoms with Gasteiger partial charge in [0.15, 0.2) is 0 Å². The summed E-state index contributed by atoms with van der Waals surface area (Å²) in [5.74, 6) is -1.66. The third-order valence-corrected chi connectivity index (χ3v) is 5.37. The van der Waals surface area contributed by atoms with Gasteiger partial charge in [-0.05, 0) is 5.92 Å². The lowest BCUT2D eigenvalue weighted by atomic mass is 9.99. The van der Waals surface area contributed by atoms with E-state index < -0.39 is 22.1 Å². The molecule has 1 aliphatic rings. The minimum absolute atomic E-state index is 0.0787. The summed E-state index contributed by atoms with van der Waals surface area (Å²) in [5.41, 5.74) is 0. The number of carboxylic acid groups (broad SMARTS) is 1. The number of hydrogen-bond donors (Lipinski definition) is 1. The Morgan fingerprint density at radius 2 is 1.88 bits per heavy atom. The highest BCUT2D eigenvalue weighted by Gasteiger charge is 2.41. The molecule has 0 bridgehead atoms. The summed E-state index contributed by atoms with van der Waals surface area (Å²) in [7, 11) is -3.50. The minimum Gasteiger partial charge on any atom is -0.481 e. The molecule has 0 amide bonds. The molecule has 1 aliphatic heterocycles. The van der Waals surface area contributed by atoms with E-state index in [0.29, 0.717) is 13.1 Å². The Hall–Kier alpha value is -0.660. The molecule has 0 aliphatic carbocycles. The van der Waals surface area contributed by atoms with E-state index in [9.17, 15) is 13.2 Å². The third kappa shape index (κ3) is 2.78. The van der Waals surface area contributed by atoms with Crippen molar-refractivity contribution in [2.75, 3.05) is 26.2 Å². The predicted molar refractivity (Wildman–Crippen MR) is 63.7 cm³/mol. The van der Waals surface area contributed by atoms with E-state index in [-0.39, 0.29) is 19.0 Å². The van der Waals surface area contributed by atoms with Crippen molar-refractivity contribution in [1.82, 2.24) is 8.61 Å². The number of rotatable bonds is 5. The van der Waals surface area contributed by atoms with Crippen LogP contribution in [0.2, 0.25) is 0 Å². The average Bonchev–Trinajstić information content (AvgIpc) is 2.62. The van der Waals surface area contributed by atoms with Crippen LogP contribution in [0.5, 0.6) is 0 Å². The van der Waals surface area contributed by atoms with E-state index in [2.05, 4.69) is 0 Å². The molecule has 1 N–H and O–H groups in total. The van der Waals surface area contributed by atoms with Gasteiger partial charge in [-0.15, -0.1) is 0 Å². The Kier molecular flexibility index (Phi) is 4.51. The summed E-state index contributed by atoms with van der Waals surface area (Å²) < 4.78 is 27.0. The molecule has 0 saturated carbocycles. The van der Waals surface area contributed by atoms with Gasteiger partial charge < -0.3 is 5.11 Å². The Morgan fingerprint density at radius 3 is 2.24 bits per heavy atom. The van der Waals surface area contributed by atoms with Gasteiger partial charge in [0.05, 0.1) is 5.92 Å². The topological polar surface area (TPSA) is 77.9 Å². The first kappa shape index (κ1) is 14.4. The maximum Gasteiger partial charge on any atom is 0.308 e. The molecule has 1 rings (SSSR count). The maximum absolute atomic E-state index is 12.2. The summed E-state index contributed by atoms with van der Waals surface area (Å²) in [6, 6.07) is 0. The monoisotopic (exact) mass is 264 g/mol. The van der Waals surface area contributed by atoms with Gasteiger partial charge in [0.2, 0.25) is 0 Å². The molecule has 0 unspecified atom stereocenters. The number of carboxylic acids is 1. The lowest BCUT2D eigenvalue weighted by Gasteiger charge is -2.25. The van der Waals surface area contributed by atoms with Crippen LogP contribution in [0, 0.1) is 11.8 Å². The van der Waals surface area contributed by atoms with Crippen molar-refractivity contribution >= 4 is 16.2 Å². The molecule has 0 spiro atoms. The van der Waals surface area contributed by atoms with Crippen molar-refractivity contribution in [3.63, 3.8) is 0 Å². The van der Waals surface area contributed by atoms with Crippen LogP contribution in [0.1, 0.15) is 20.8 Å². The first-order valence-corrected chi connectivity index (χ1v) is 7.22. The zero-order valence-corrected chi connectivity index (χ0v) is 11.3. The summed E-state index contributed by atoms with van der Waals surface area (Å²) >= 11 is 0. The quantitative estimate of drug-likeness (QED) is 0.771. The molecule has 7 heteroatoms. The standard InChI is InChI=1S/C10H20N2O4S/c1-4-11(5-2)17(15,16)12-6-8(3)9(7-12)10(13)14/h8-9H,4-7H2,1-3H3,(H,13,14)/t8-,9-/m1/s1. The van der Waals surface area contributed by atoms with Crippen molar-refractivity contribution in [2.24, 2.45) is 11.8 Å². The molecule has 1 heterocycles. The largest absolute Gasteiger partial charge is 0.481 e. The van der Waals surface area contributed by atoms with Crippen LogP contribution in [-0.2, 0) is 15.0 Å². The van der Waals surface area contributed by atoms with Crippen LogP contribution in [0.15, 0.2) is 0 Å². The van der Waals surface area contributed by atoms with E-state index in [0.717, 1.165) is 0 Å². The van der Waals surface area contributed by atoms with Gasteiger partial charge in [-0.2, -0.15) is 17.0 Å². The summed E-state index contributed by atoms with van der Waals surface area (Å²) in [5, 5.41) is 8.99. The molecule has 0 aromatic heterocycles. The Labute approximate surface area is 102 Å². The summed E-state index contributed by atoms with van der Waals surface area (Å²) in [6.45, 7) is 6.50. The molecule has 1 saturated heterocycles. The Balaban J connectivity index is 2.86. The van der Waals surface area contributed by atoms with Crippen molar-refractivity contribution in [3.05, 3.63) is 0 Å². The zero-order valence-electron chi connectivity index (χ0n) is 10.5. The van der Waals surface area contributed by atoms with Gasteiger partial charge in [0, 0.05) is 26.2 Å². The second kappa shape index (κ2) is 5.32. The lowest BCUT2D eigenvalue weighted by Crippen LogP contribution is -2.43. The number of nitrogens with zero attached hydrogens (tertiary/aromatic N) is 2. The zero-order chi connectivity index (χ0) is 13.2. The highest BCUT2D eigenvalue weighted by atomic mass is 32.2. The lowest BCUT2D eigenvalue weighted by molar-refractivity contribution is -0.142. The Morgan fingerprint density at radius 1 is 1.35 bits per heavy atom. The second-order valence-corrected chi connectivity index (χ2v) is 6.26. The normalized spacial score (nSPS) is 26.6. The van der Waals surface area contributed by atoms with Crippen LogP contribution < -0.4 is 0 Å². The molecule has 0 aromatic rings. The third-order valence-electron chi connectivity index (χ3n) is 3.25. The van der Waals surface area contributed by atoms with Gasteiger partial charge >= 0.3 is 5.97 Å². The number of carbonyl (C=O) groups is 1. The van der Waals surface area contributed by atoms with Gasteiger partial charge in [-0.3, -0.25) is 4.79 Å². The molecule has 0 aromatic carbocycles. The van der Waals surface area contributed by atoms with Crippen LogP contribution in [-0.4, -0.2) is 54.3 Å². The van der Waals surface area contributed by atoms with Crippen molar-refractivity contribution in [2.45, 2.75) is 20.8 Å². The first-order chi connectivity index (χ1) is 7.84. The fourth-order valence-corrected chi connectivity index (χ4v) is 3.90.